The second-order valence-corrected chi connectivity index (χ2v) is 6.03. The number of hydrogen-bond acceptors (Lipinski definition) is 6. The van der Waals surface area contributed by atoms with Crippen molar-refractivity contribution in [3.8, 4) is 0 Å². The molecule has 3 rings (SSSR count). The lowest BCUT2D eigenvalue weighted by molar-refractivity contribution is -0.384. The predicted octanol–water partition coefficient (Wildman–Crippen LogP) is 3.47. The highest BCUT2D eigenvalue weighted by Crippen LogP contribution is 2.26. The summed E-state index contributed by atoms with van der Waals surface area (Å²) in [6.07, 6.45) is 0. The average Bonchev–Trinajstić information content (AvgIpc) is 2.95. The third-order valence-electron chi connectivity index (χ3n) is 3.54. The first-order valence-electron chi connectivity index (χ1n) is 7.03. The Labute approximate surface area is 145 Å². The van der Waals surface area contributed by atoms with Crippen molar-refractivity contribution >= 4 is 39.0 Å². The number of halogens is 1. The molecule has 2 aromatic carbocycles. The van der Waals surface area contributed by atoms with Gasteiger partial charge in [0, 0.05) is 16.6 Å². The van der Waals surface area contributed by atoms with Crippen LogP contribution in [0.25, 0.3) is 0 Å². The smallest absolute Gasteiger partial charge is 0.319 e. The van der Waals surface area contributed by atoms with Crippen molar-refractivity contribution in [2.75, 3.05) is 12.0 Å². The topological polar surface area (TPSA) is 93.8 Å². The minimum absolute atomic E-state index is 0.000296. The van der Waals surface area contributed by atoms with Gasteiger partial charge in [-0.2, -0.15) is 5.10 Å². The Hall–Kier alpha value is -2.74. The fraction of sp³-hybridized carbons (Fsp3) is 0.125. The van der Waals surface area contributed by atoms with E-state index in [4.69, 9.17) is 4.74 Å². The highest BCUT2D eigenvalue weighted by Gasteiger charge is 2.34. The van der Waals surface area contributed by atoms with E-state index in [1.54, 1.807) is 12.1 Å². The first-order chi connectivity index (χ1) is 11.5. The molecule has 0 aromatic heterocycles. The molecule has 2 aromatic rings. The number of esters is 1. The lowest BCUT2D eigenvalue weighted by atomic mass is 9.96. The number of benzene rings is 2. The Balaban J connectivity index is 1.79. The van der Waals surface area contributed by atoms with Gasteiger partial charge in [-0.05, 0) is 29.8 Å². The lowest BCUT2D eigenvalue weighted by Crippen LogP contribution is -2.15. The maximum absolute atomic E-state index is 12.0. The summed E-state index contributed by atoms with van der Waals surface area (Å²) in [5.74, 6) is -0.898. The van der Waals surface area contributed by atoms with Gasteiger partial charge >= 0.3 is 5.97 Å². The number of nitro benzene ring substituents is 1. The molecule has 0 saturated carbocycles. The van der Waals surface area contributed by atoms with Gasteiger partial charge in [0.25, 0.3) is 5.69 Å². The van der Waals surface area contributed by atoms with Crippen LogP contribution < -0.4 is 5.43 Å². The molecule has 1 heterocycles. The zero-order chi connectivity index (χ0) is 17.1. The number of carbonyl (C=O) groups is 1. The number of hydrogen-bond donors (Lipinski definition) is 1. The minimum atomic E-state index is -0.552. The second kappa shape index (κ2) is 6.79. The van der Waals surface area contributed by atoms with Crippen molar-refractivity contribution in [3.63, 3.8) is 0 Å². The number of cyclic esters (lactones) is 1. The van der Waals surface area contributed by atoms with Crippen LogP contribution in [0, 0.1) is 10.1 Å². The van der Waals surface area contributed by atoms with Crippen LogP contribution in [0.4, 0.5) is 11.4 Å². The van der Waals surface area contributed by atoms with E-state index in [2.05, 4.69) is 26.5 Å². The molecule has 122 valence electrons. The van der Waals surface area contributed by atoms with Gasteiger partial charge in [-0.1, -0.05) is 28.1 Å². The van der Waals surface area contributed by atoms with Crippen LogP contribution in [0.15, 0.2) is 58.1 Å². The predicted molar refractivity (Wildman–Crippen MR) is 92.0 cm³/mol. The summed E-state index contributed by atoms with van der Waals surface area (Å²) in [6, 6.07) is 13.2. The number of rotatable bonds is 4. The van der Waals surface area contributed by atoms with E-state index in [1.807, 2.05) is 24.3 Å². The molecule has 1 aliphatic heterocycles. The first kappa shape index (κ1) is 16.1. The summed E-state index contributed by atoms with van der Waals surface area (Å²) in [6.45, 7) is 0.111. The van der Waals surface area contributed by atoms with Crippen molar-refractivity contribution in [1.82, 2.24) is 0 Å². The van der Waals surface area contributed by atoms with Crippen molar-refractivity contribution in [3.05, 3.63) is 68.7 Å². The van der Waals surface area contributed by atoms with Crippen LogP contribution >= 0.6 is 15.9 Å². The summed E-state index contributed by atoms with van der Waals surface area (Å²) >= 11 is 3.35. The molecule has 0 amide bonds. The van der Waals surface area contributed by atoms with Gasteiger partial charge in [0.05, 0.1) is 16.3 Å². The number of non-ortho nitro benzene ring substituents is 1. The molecule has 0 bridgehead atoms. The van der Waals surface area contributed by atoms with Crippen molar-refractivity contribution < 1.29 is 14.5 Å². The van der Waals surface area contributed by atoms with Gasteiger partial charge < -0.3 is 4.74 Å². The monoisotopic (exact) mass is 389 g/mol. The summed E-state index contributed by atoms with van der Waals surface area (Å²) in [7, 11) is 0. The van der Waals surface area contributed by atoms with Gasteiger partial charge in [-0.15, -0.1) is 0 Å². The van der Waals surface area contributed by atoms with Crippen LogP contribution in [0.3, 0.4) is 0 Å². The maximum Gasteiger partial charge on any atom is 0.319 e. The summed E-state index contributed by atoms with van der Waals surface area (Å²) in [5, 5.41) is 14.9. The Morgan fingerprint density at radius 3 is 2.46 bits per heavy atom. The van der Waals surface area contributed by atoms with E-state index in [-0.39, 0.29) is 18.3 Å². The van der Waals surface area contributed by atoms with Gasteiger partial charge in [0.1, 0.15) is 12.5 Å². The molecule has 1 saturated heterocycles. The van der Waals surface area contributed by atoms with E-state index in [0.717, 1.165) is 10.0 Å². The van der Waals surface area contributed by atoms with Crippen molar-refractivity contribution in [1.29, 1.82) is 0 Å². The van der Waals surface area contributed by atoms with Gasteiger partial charge in [-0.3, -0.25) is 20.3 Å². The molecule has 8 heteroatoms. The molecule has 24 heavy (non-hydrogen) atoms. The Morgan fingerprint density at radius 2 is 1.83 bits per heavy atom. The summed E-state index contributed by atoms with van der Waals surface area (Å²) < 4.78 is 6.01. The zero-order valence-corrected chi connectivity index (χ0v) is 13.9. The zero-order valence-electron chi connectivity index (χ0n) is 12.3. The van der Waals surface area contributed by atoms with Crippen LogP contribution in [0.5, 0.6) is 0 Å². The SMILES string of the molecule is O=C1OCC(=NNc2ccc([N+](=O)[O-])cc2)C1c1ccc(Br)cc1. The standard InChI is InChI=1S/C16H12BrN3O4/c17-11-3-1-10(2-4-11)15-14(9-24-16(15)21)19-18-12-5-7-13(8-6-12)20(22)23/h1-8,15,18H,9H2. The molecule has 0 aliphatic carbocycles. The normalized spacial score (nSPS) is 18.5. The second-order valence-electron chi connectivity index (χ2n) is 5.11. The van der Waals surface area contributed by atoms with Crippen LogP contribution in [-0.4, -0.2) is 23.2 Å². The number of nitrogens with zero attached hydrogens (tertiary/aromatic N) is 2. The molecule has 1 unspecified atom stereocenters. The molecule has 1 aliphatic rings. The molecule has 0 spiro atoms. The Kier molecular flexibility index (Phi) is 4.57. The van der Waals surface area contributed by atoms with E-state index in [0.29, 0.717) is 11.4 Å². The Bertz CT molecular complexity index is 803. The van der Waals surface area contributed by atoms with Crippen LogP contribution in [-0.2, 0) is 9.53 Å². The number of anilines is 1. The molecule has 0 radical (unpaired) electrons. The number of nitro groups is 1. The van der Waals surface area contributed by atoms with Crippen molar-refractivity contribution in [2.24, 2.45) is 5.10 Å². The fourth-order valence-corrected chi connectivity index (χ4v) is 2.59. The average molecular weight is 390 g/mol. The number of hydrazone groups is 1. The largest absolute Gasteiger partial charge is 0.459 e. The van der Waals surface area contributed by atoms with E-state index in [9.17, 15) is 14.9 Å². The fourth-order valence-electron chi connectivity index (χ4n) is 2.32. The summed E-state index contributed by atoms with van der Waals surface area (Å²) in [5.41, 5.74) is 4.75. The molecule has 1 atom stereocenters. The third kappa shape index (κ3) is 3.43. The van der Waals surface area contributed by atoms with E-state index in [1.165, 1.54) is 12.1 Å². The van der Waals surface area contributed by atoms with Gasteiger partial charge in [0.15, 0.2) is 0 Å². The first-order valence-corrected chi connectivity index (χ1v) is 7.83. The molecule has 7 nitrogen and oxygen atoms in total. The lowest BCUT2D eigenvalue weighted by Gasteiger charge is -2.08. The quantitative estimate of drug-likeness (QED) is 0.490. The number of carbonyl (C=O) groups excluding carboxylic acids is 1. The Morgan fingerprint density at radius 1 is 1.17 bits per heavy atom. The molecule has 1 N–H and O–H groups in total. The highest BCUT2D eigenvalue weighted by molar-refractivity contribution is 9.10. The molecular weight excluding hydrogens is 378 g/mol. The molecular formula is C16H12BrN3O4. The van der Waals surface area contributed by atoms with E-state index < -0.39 is 10.8 Å². The van der Waals surface area contributed by atoms with Crippen LogP contribution in [0.2, 0.25) is 0 Å². The summed E-state index contributed by atoms with van der Waals surface area (Å²) in [4.78, 5) is 22.2. The molecule has 1 fully saturated rings. The highest BCUT2D eigenvalue weighted by atomic mass is 79.9. The number of nitrogens with one attached hydrogen (secondary N) is 1. The maximum atomic E-state index is 12.0. The van der Waals surface area contributed by atoms with Crippen molar-refractivity contribution in [2.45, 2.75) is 5.92 Å². The van der Waals surface area contributed by atoms with Gasteiger partial charge in [-0.25, -0.2) is 0 Å². The number of ether oxygens (including phenoxy) is 1. The third-order valence-corrected chi connectivity index (χ3v) is 4.07. The minimum Gasteiger partial charge on any atom is -0.459 e. The van der Waals surface area contributed by atoms with Gasteiger partial charge in [0.2, 0.25) is 0 Å². The van der Waals surface area contributed by atoms with Crippen LogP contribution in [0.1, 0.15) is 11.5 Å². The van der Waals surface area contributed by atoms with E-state index >= 15 is 0 Å².